The lowest BCUT2D eigenvalue weighted by Gasteiger charge is -2.11. The van der Waals surface area contributed by atoms with Crippen molar-refractivity contribution in [2.75, 3.05) is 6.61 Å². The highest BCUT2D eigenvalue weighted by molar-refractivity contribution is 5.75. The molecule has 0 fully saturated rings. The van der Waals surface area contributed by atoms with Crippen LogP contribution in [0.5, 0.6) is 5.75 Å². The second-order valence-corrected chi connectivity index (χ2v) is 3.42. The minimum atomic E-state index is -2.83. The Labute approximate surface area is 102 Å². The number of nitrogens with zero attached hydrogens (tertiary/aromatic N) is 1. The predicted octanol–water partition coefficient (Wildman–Crippen LogP) is 2.31. The first-order valence-electron chi connectivity index (χ1n) is 5.19. The van der Waals surface area contributed by atoms with Gasteiger partial charge in [-0.2, -0.15) is 5.26 Å². The lowest BCUT2D eigenvalue weighted by Crippen LogP contribution is -2.11. The van der Waals surface area contributed by atoms with Crippen LogP contribution in [0.4, 0.5) is 8.78 Å². The summed E-state index contributed by atoms with van der Waals surface area (Å²) in [6.45, 7) is 1.70. The molecule has 0 unspecified atom stereocenters. The van der Waals surface area contributed by atoms with Crippen molar-refractivity contribution >= 4 is 5.97 Å². The molecular weight excluding hydrogens is 244 g/mol. The summed E-state index contributed by atoms with van der Waals surface area (Å²) >= 11 is 0. The Morgan fingerprint density at radius 1 is 1.56 bits per heavy atom. The van der Waals surface area contributed by atoms with E-state index in [4.69, 9.17) is 5.26 Å². The highest BCUT2D eigenvalue weighted by Gasteiger charge is 2.21. The number of halogens is 2. The maximum Gasteiger partial charge on any atom is 0.310 e. The molecule has 1 aromatic carbocycles. The number of carbonyl (C=O) groups is 1. The molecule has 1 rings (SSSR count). The number of carbonyl (C=O) groups excluding carboxylic acids is 1. The standard InChI is InChI=1S/C12H11F2NO3/c1-2-18-11(17)5-8-7(12(13)14)3-4-10(16)9(8)6-15/h3-4,12,16H,2,5H2,1H3. The number of phenols is 1. The zero-order chi connectivity index (χ0) is 13.7. The maximum atomic E-state index is 12.8. The van der Waals surface area contributed by atoms with E-state index in [0.29, 0.717) is 0 Å². The topological polar surface area (TPSA) is 70.3 Å². The van der Waals surface area contributed by atoms with E-state index >= 15 is 0 Å². The minimum absolute atomic E-state index is 0.115. The lowest BCUT2D eigenvalue weighted by atomic mass is 9.98. The fourth-order valence-electron chi connectivity index (χ4n) is 1.53. The molecule has 1 aromatic rings. The van der Waals surface area contributed by atoms with Gasteiger partial charge in [0, 0.05) is 5.56 Å². The van der Waals surface area contributed by atoms with E-state index in [1.54, 1.807) is 13.0 Å². The molecule has 6 heteroatoms. The Bertz CT molecular complexity index is 495. The number of nitriles is 1. The van der Waals surface area contributed by atoms with Crippen LogP contribution >= 0.6 is 0 Å². The third-order valence-electron chi connectivity index (χ3n) is 2.30. The second-order valence-electron chi connectivity index (χ2n) is 3.42. The molecular formula is C12H11F2NO3. The normalized spacial score (nSPS) is 10.2. The van der Waals surface area contributed by atoms with Crippen LogP contribution in [0, 0.1) is 11.3 Å². The van der Waals surface area contributed by atoms with E-state index in [1.165, 1.54) is 0 Å². The van der Waals surface area contributed by atoms with Gasteiger partial charge >= 0.3 is 5.97 Å². The molecule has 0 saturated heterocycles. The van der Waals surface area contributed by atoms with Crippen LogP contribution in [0.2, 0.25) is 0 Å². The number of alkyl halides is 2. The fourth-order valence-corrected chi connectivity index (χ4v) is 1.53. The molecule has 0 saturated carbocycles. The highest BCUT2D eigenvalue weighted by atomic mass is 19.3. The highest BCUT2D eigenvalue weighted by Crippen LogP contribution is 2.30. The van der Waals surface area contributed by atoms with Crippen molar-refractivity contribution in [2.24, 2.45) is 0 Å². The van der Waals surface area contributed by atoms with Gasteiger partial charge < -0.3 is 9.84 Å². The third-order valence-corrected chi connectivity index (χ3v) is 2.30. The van der Waals surface area contributed by atoms with Gasteiger partial charge in [0.25, 0.3) is 6.43 Å². The van der Waals surface area contributed by atoms with E-state index in [1.807, 2.05) is 0 Å². The van der Waals surface area contributed by atoms with Crippen LogP contribution in [0.3, 0.4) is 0 Å². The largest absolute Gasteiger partial charge is 0.507 e. The van der Waals surface area contributed by atoms with Crippen LogP contribution in [0.15, 0.2) is 12.1 Å². The number of benzene rings is 1. The lowest BCUT2D eigenvalue weighted by molar-refractivity contribution is -0.142. The SMILES string of the molecule is CCOC(=O)Cc1c(C(F)F)ccc(O)c1C#N. The zero-order valence-corrected chi connectivity index (χ0v) is 9.61. The van der Waals surface area contributed by atoms with Gasteiger partial charge in [0.2, 0.25) is 0 Å². The molecule has 0 amide bonds. The third kappa shape index (κ3) is 2.94. The second kappa shape index (κ2) is 5.96. The van der Waals surface area contributed by atoms with Gasteiger partial charge in [0.15, 0.2) is 0 Å². The first kappa shape index (κ1) is 13.9. The molecule has 96 valence electrons. The van der Waals surface area contributed by atoms with E-state index in [2.05, 4.69) is 4.74 Å². The number of hydrogen-bond acceptors (Lipinski definition) is 4. The van der Waals surface area contributed by atoms with E-state index in [0.717, 1.165) is 12.1 Å². The zero-order valence-electron chi connectivity index (χ0n) is 9.61. The van der Waals surface area contributed by atoms with E-state index in [-0.39, 0.29) is 17.7 Å². The van der Waals surface area contributed by atoms with E-state index < -0.39 is 30.1 Å². The number of aromatic hydroxyl groups is 1. The van der Waals surface area contributed by atoms with Gasteiger partial charge in [-0.3, -0.25) is 4.79 Å². The Kier molecular flexibility index (Phi) is 4.60. The molecule has 1 N–H and O–H groups in total. The maximum absolute atomic E-state index is 12.8. The monoisotopic (exact) mass is 255 g/mol. The summed E-state index contributed by atoms with van der Waals surface area (Å²) < 4.78 is 30.2. The van der Waals surface area contributed by atoms with Crippen LogP contribution < -0.4 is 0 Å². The molecule has 18 heavy (non-hydrogen) atoms. The summed E-state index contributed by atoms with van der Waals surface area (Å²) in [7, 11) is 0. The molecule has 0 bridgehead atoms. The van der Waals surface area contributed by atoms with Gasteiger partial charge in [-0.15, -0.1) is 0 Å². The van der Waals surface area contributed by atoms with Crippen molar-refractivity contribution in [3.05, 3.63) is 28.8 Å². The molecule has 0 aliphatic heterocycles. The van der Waals surface area contributed by atoms with Crippen LogP contribution in [0.1, 0.15) is 30.0 Å². The minimum Gasteiger partial charge on any atom is -0.507 e. The van der Waals surface area contributed by atoms with Crippen LogP contribution in [0.25, 0.3) is 0 Å². The average molecular weight is 255 g/mol. The average Bonchev–Trinajstić information content (AvgIpc) is 2.29. The smallest absolute Gasteiger partial charge is 0.310 e. The van der Waals surface area contributed by atoms with Crippen molar-refractivity contribution in [1.82, 2.24) is 0 Å². The van der Waals surface area contributed by atoms with Crippen molar-refractivity contribution in [3.8, 4) is 11.8 Å². The Morgan fingerprint density at radius 2 is 2.22 bits per heavy atom. The summed E-state index contributed by atoms with van der Waals surface area (Å²) in [5.41, 5.74) is -0.954. The van der Waals surface area contributed by atoms with Gasteiger partial charge in [-0.1, -0.05) is 0 Å². The first-order chi connectivity index (χ1) is 8.51. The van der Waals surface area contributed by atoms with Crippen molar-refractivity contribution in [1.29, 1.82) is 5.26 Å². The molecule has 0 heterocycles. The number of hydrogen-bond donors (Lipinski definition) is 1. The fraction of sp³-hybridized carbons (Fsp3) is 0.333. The Hall–Kier alpha value is -2.16. The summed E-state index contributed by atoms with van der Waals surface area (Å²) in [4.78, 5) is 11.3. The van der Waals surface area contributed by atoms with Gasteiger partial charge in [-0.05, 0) is 24.6 Å². The first-order valence-corrected chi connectivity index (χ1v) is 5.19. The molecule has 0 radical (unpaired) electrons. The van der Waals surface area contributed by atoms with Crippen molar-refractivity contribution < 1.29 is 23.4 Å². The number of esters is 1. The molecule has 0 aliphatic rings. The summed E-state index contributed by atoms with van der Waals surface area (Å²) in [6.07, 6.45) is -3.30. The number of rotatable bonds is 4. The molecule has 4 nitrogen and oxygen atoms in total. The van der Waals surface area contributed by atoms with Crippen LogP contribution in [-0.4, -0.2) is 17.7 Å². The summed E-state index contributed by atoms with van der Waals surface area (Å²) in [5, 5.41) is 18.3. The van der Waals surface area contributed by atoms with Gasteiger partial charge in [0.05, 0.1) is 18.6 Å². The Morgan fingerprint density at radius 3 is 2.72 bits per heavy atom. The van der Waals surface area contributed by atoms with E-state index in [9.17, 15) is 18.7 Å². The summed E-state index contributed by atoms with van der Waals surface area (Å²) in [6, 6.07) is 3.62. The molecule has 0 spiro atoms. The van der Waals surface area contributed by atoms with Gasteiger partial charge in [0.1, 0.15) is 11.8 Å². The summed E-state index contributed by atoms with van der Waals surface area (Å²) in [5.74, 6) is -1.15. The van der Waals surface area contributed by atoms with Crippen LogP contribution in [-0.2, 0) is 16.0 Å². The molecule has 0 aromatic heterocycles. The number of phenolic OH excluding ortho intramolecular Hbond substituents is 1. The Balaban J connectivity index is 3.24. The predicted molar refractivity (Wildman–Crippen MR) is 58.1 cm³/mol. The van der Waals surface area contributed by atoms with Gasteiger partial charge in [-0.25, -0.2) is 8.78 Å². The molecule has 0 atom stereocenters. The van der Waals surface area contributed by atoms with Crippen molar-refractivity contribution in [2.45, 2.75) is 19.8 Å². The van der Waals surface area contributed by atoms with Crippen molar-refractivity contribution in [3.63, 3.8) is 0 Å². The molecule has 0 aliphatic carbocycles. The number of ether oxygens (including phenoxy) is 1. The quantitative estimate of drug-likeness (QED) is 0.838.